The molecule has 0 unspecified atom stereocenters. The summed E-state index contributed by atoms with van der Waals surface area (Å²) in [7, 11) is 0. The number of aliphatic hydroxyl groups excluding tert-OH is 1. The van der Waals surface area contributed by atoms with Crippen molar-refractivity contribution in [3.63, 3.8) is 0 Å². The highest BCUT2D eigenvalue weighted by molar-refractivity contribution is 5.78. The normalized spacial score (nSPS) is 29.4. The van der Waals surface area contributed by atoms with E-state index in [0.29, 0.717) is 5.92 Å². The van der Waals surface area contributed by atoms with Crippen LogP contribution in [0.5, 0.6) is 0 Å². The SMILES string of the molecule is O=C(NCCC1CCCC1)C1CCC(CO)CC1. The van der Waals surface area contributed by atoms with Crippen LogP contribution in [0, 0.1) is 17.8 Å². The average Bonchev–Trinajstić information content (AvgIpc) is 2.92. The summed E-state index contributed by atoms with van der Waals surface area (Å²) in [6.07, 6.45) is 10.6. The fourth-order valence-electron chi connectivity index (χ4n) is 3.45. The summed E-state index contributed by atoms with van der Waals surface area (Å²) < 4.78 is 0. The molecule has 0 aromatic heterocycles. The molecule has 0 saturated heterocycles. The predicted molar refractivity (Wildman–Crippen MR) is 72.1 cm³/mol. The van der Waals surface area contributed by atoms with E-state index in [1.807, 2.05) is 0 Å². The summed E-state index contributed by atoms with van der Waals surface area (Å²) in [6.45, 7) is 1.15. The standard InChI is InChI=1S/C15H27NO2/c17-11-13-5-7-14(8-6-13)15(18)16-10-9-12-3-1-2-4-12/h12-14,17H,1-11H2,(H,16,18). The molecular weight excluding hydrogens is 226 g/mol. The van der Waals surface area contributed by atoms with Crippen LogP contribution in [0.4, 0.5) is 0 Å². The fourth-order valence-corrected chi connectivity index (χ4v) is 3.45. The largest absolute Gasteiger partial charge is 0.396 e. The molecule has 2 fully saturated rings. The molecule has 0 bridgehead atoms. The summed E-state index contributed by atoms with van der Waals surface area (Å²) in [5, 5.41) is 12.2. The minimum atomic E-state index is 0.205. The van der Waals surface area contributed by atoms with Gasteiger partial charge in [0, 0.05) is 19.1 Å². The number of carbonyl (C=O) groups is 1. The molecule has 104 valence electrons. The second kappa shape index (κ2) is 7.13. The van der Waals surface area contributed by atoms with Crippen LogP contribution in [-0.2, 0) is 4.79 Å². The highest BCUT2D eigenvalue weighted by Gasteiger charge is 2.25. The third kappa shape index (κ3) is 3.98. The maximum absolute atomic E-state index is 12.0. The van der Waals surface area contributed by atoms with Crippen LogP contribution in [0.15, 0.2) is 0 Å². The van der Waals surface area contributed by atoms with Gasteiger partial charge in [0.25, 0.3) is 0 Å². The summed E-state index contributed by atoms with van der Waals surface area (Å²) in [5.74, 6) is 1.75. The van der Waals surface area contributed by atoms with Gasteiger partial charge in [-0.15, -0.1) is 0 Å². The topological polar surface area (TPSA) is 49.3 Å². The van der Waals surface area contributed by atoms with Gasteiger partial charge in [-0.05, 0) is 43.9 Å². The Labute approximate surface area is 110 Å². The molecule has 0 heterocycles. The van der Waals surface area contributed by atoms with Crippen LogP contribution in [0.2, 0.25) is 0 Å². The summed E-state index contributed by atoms with van der Waals surface area (Å²) in [4.78, 5) is 12.0. The van der Waals surface area contributed by atoms with Crippen molar-refractivity contribution in [2.24, 2.45) is 17.8 Å². The highest BCUT2D eigenvalue weighted by atomic mass is 16.3. The number of rotatable bonds is 5. The van der Waals surface area contributed by atoms with Crippen molar-refractivity contribution < 1.29 is 9.90 Å². The third-order valence-electron chi connectivity index (χ3n) is 4.80. The van der Waals surface area contributed by atoms with Gasteiger partial charge in [-0.2, -0.15) is 0 Å². The zero-order valence-electron chi connectivity index (χ0n) is 11.4. The molecule has 0 atom stereocenters. The van der Waals surface area contributed by atoms with Crippen molar-refractivity contribution >= 4 is 5.91 Å². The number of hydrogen-bond acceptors (Lipinski definition) is 2. The lowest BCUT2D eigenvalue weighted by atomic mass is 9.82. The molecule has 18 heavy (non-hydrogen) atoms. The van der Waals surface area contributed by atoms with Gasteiger partial charge in [0.2, 0.25) is 5.91 Å². The third-order valence-corrected chi connectivity index (χ3v) is 4.80. The van der Waals surface area contributed by atoms with E-state index in [4.69, 9.17) is 5.11 Å². The van der Waals surface area contributed by atoms with E-state index < -0.39 is 0 Å². The molecule has 0 aromatic rings. The van der Waals surface area contributed by atoms with E-state index in [1.165, 1.54) is 25.7 Å². The van der Waals surface area contributed by atoms with Crippen LogP contribution in [0.1, 0.15) is 57.8 Å². The fraction of sp³-hybridized carbons (Fsp3) is 0.933. The first-order valence-corrected chi connectivity index (χ1v) is 7.68. The second-order valence-corrected chi connectivity index (χ2v) is 6.13. The Morgan fingerprint density at radius 3 is 2.28 bits per heavy atom. The van der Waals surface area contributed by atoms with Gasteiger partial charge in [-0.25, -0.2) is 0 Å². The molecule has 0 radical (unpaired) electrons. The van der Waals surface area contributed by atoms with E-state index >= 15 is 0 Å². The molecule has 2 aliphatic rings. The molecule has 2 rings (SSSR count). The monoisotopic (exact) mass is 253 g/mol. The highest BCUT2D eigenvalue weighted by Crippen LogP contribution is 2.29. The number of hydrogen-bond donors (Lipinski definition) is 2. The minimum absolute atomic E-state index is 0.205. The van der Waals surface area contributed by atoms with Gasteiger partial charge in [-0.1, -0.05) is 25.7 Å². The Balaban J connectivity index is 1.59. The number of amides is 1. The molecule has 0 aliphatic heterocycles. The molecule has 3 nitrogen and oxygen atoms in total. The lowest BCUT2D eigenvalue weighted by molar-refractivity contribution is -0.126. The van der Waals surface area contributed by atoms with Gasteiger partial charge >= 0.3 is 0 Å². The van der Waals surface area contributed by atoms with Crippen molar-refractivity contribution in [1.82, 2.24) is 5.32 Å². The zero-order chi connectivity index (χ0) is 12.8. The van der Waals surface area contributed by atoms with Crippen LogP contribution < -0.4 is 5.32 Å². The minimum Gasteiger partial charge on any atom is -0.396 e. The first kappa shape index (κ1) is 13.9. The van der Waals surface area contributed by atoms with Crippen molar-refractivity contribution in [1.29, 1.82) is 0 Å². The van der Waals surface area contributed by atoms with Crippen molar-refractivity contribution in [3.8, 4) is 0 Å². The smallest absolute Gasteiger partial charge is 0.223 e. The summed E-state index contributed by atoms with van der Waals surface area (Å²) in [5.41, 5.74) is 0. The van der Waals surface area contributed by atoms with Crippen LogP contribution >= 0.6 is 0 Å². The van der Waals surface area contributed by atoms with Gasteiger partial charge in [0.05, 0.1) is 0 Å². The lowest BCUT2D eigenvalue weighted by Gasteiger charge is -2.26. The van der Waals surface area contributed by atoms with E-state index in [1.54, 1.807) is 0 Å². The Morgan fingerprint density at radius 2 is 1.67 bits per heavy atom. The van der Waals surface area contributed by atoms with Gasteiger partial charge in [-0.3, -0.25) is 4.79 Å². The van der Waals surface area contributed by atoms with Crippen molar-refractivity contribution in [2.75, 3.05) is 13.2 Å². The Morgan fingerprint density at radius 1 is 1.00 bits per heavy atom. The molecule has 0 spiro atoms. The van der Waals surface area contributed by atoms with Gasteiger partial charge < -0.3 is 10.4 Å². The molecule has 3 heteroatoms. The van der Waals surface area contributed by atoms with Crippen LogP contribution in [-0.4, -0.2) is 24.2 Å². The van der Waals surface area contributed by atoms with E-state index in [9.17, 15) is 4.79 Å². The number of aliphatic hydroxyl groups is 1. The predicted octanol–water partition coefficient (Wildman–Crippen LogP) is 2.48. The quantitative estimate of drug-likeness (QED) is 0.791. The van der Waals surface area contributed by atoms with E-state index in [2.05, 4.69) is 5.32 Å². The van der Waals surface area contributed by atoms with Gasteiger partial charge in [0.15, 0.2) is 0 Å². The molecule has 2 saturated carbocycles. The Bertz CT molecular complexity index is 253. The Kier molecular flexibility index (Phi) is 5.48. The number of nitrogens with one attached hydrogen (secondary N) is 1. The van der Waals surface area contributed by atoms with Crippen LogP contribution in [0.25, 0.3) is 0 Å². The first-order valence-electron chi connectivity index (χ1n) is 7.68. The summed E-state index contributed by atoms with van der Waals surface area (Å²) >= 11 is 0. The van der Waals surface area contributed by atoms with E-state index in [0.717, 1.165) is 44.6 Å². The molecule has 2 N–H and O–H groups in total. The maximum atomic E-state index is 12.0. The van der Waals surface area contributed by atoms with Crippen molar-refractivity contribution in [2.45, 2.75) is 57.8 Å². The first-order chi connectivity index (χ1) is 8.79. The molecule has 0 aromatic carbocycles. The number of carbonyl (C=O) groups excluding carboxylic acids is 1. The summed E-state index contributed by atoms with van der Waals surface area (Å²) in [6, 6.07) is 0. The lowest BCUT2D eigenvalue weighted by Crippen LogP contribution is -2.34. The zero-order valence-corrected chi connectivity index (χ0v) is 11.4. The molecular formula is C15H27NO2. The van der Waals surface area contributed by atoms with Crippen LogP contribution in [0.3, 0.4) is 0 Å². The van der Waals surface area contributed by atoms with Crippen molar-refractivity contribution in [3.05, 3.63) is 0 Å². The second-order valence-electron chi connectivity index (χ2n) is 6.13. The average molecular weight is 253 g/mol. The maximum Gasteiger partial charge on any atom is 0.223 e. The van der Waals surface area contributed by atoms with E-state index in [-0.39, 0.29) is 18.4 Å². The Hall–Kier alpha value is -0.570. The van der Waals surface area contributed by atoms with Gasteiger partial charge in [0.1, 0.15) is 0 Å². The molecule has 1 amide bonds. The molecule has 2 aliphatic carbocycles.